The molecule has 0 radical (unpaired) electrons. The molecule has 0 aromatic carbocycles. The minimum atomic E-state index is 0.449. The summed E-state index contributed by atoms with van der Waals surface area (Å²) in [5.41, 5.74) is 0. The lowest BCUT2D eigenvalue weighted by Gasteiger charge is -2.31. The normalized spacial score (nSPS) is 32.8. The highest BCUT2D eigenvalue weighted by molar-refractivity contribution is 4.76. The second kappa shape index (κ2) is 6.72. The van der Waals surface area contributed by atoms with Crippen LogP contribution in [0.4, 0.5) is 0 Å². The molecule has 2 aliphatic rings. The summed E-state index contributed by atoms with van der Waals surface area (Å²) < 4.78 is 5.57. The van der Waals surface area contributed by atoms with Gasteiger partial charge in [0.15, 0.2) is 0 Å². The number of hydrogen-bond acceptors (Lipinski definition) is 3. The summed E-state index contributed by atoms with van der Waals surface area (Å²) in [5.74, 6) is 0.955. The molecular formula is C14H28N2O. The van der Waals surface area contributed by atoms with E-state index in [4.69, 9.17) is 4.74 Å². The number of nitrogens with zero attached hydrogens (tertiary/aromatic N) is 1. The Morgan fingerprint density at radius 3 is 2.71 bits per heavy atom. The van der Waals surface area contributed by atoms with Crippen molar-refractivity contribution in [3.05, 3.63) is 0 Å². The summed E-state index contributed by atoms with van der Waals surface area (Å²) in [5, 5.41) is 3.72. The van der Waals surface area contributed by atoms with E-state index in [1.807, 2.05) is 0 Å². The smallest absolute Gasteiger partial charge is 0.0561 e. The van der Waals surface area contributed by atoms with Gasteiger partial charge in [0.25, 0.3) is 0 Å². The van der Waals surface area contributed by atoms with Crippen molar-refractivity contribution in [2.75, 3.05) is 33.3 Å². The number of rotatable bonds is 4. The van der Waals surface area contributed by atoms with E-state index in [1.54, 1.807) is 0 Å². The molecule has 2 rings (SSSR count). The van der Waals surface area contributed by atoms with E-state index in [9.17, 15) is 0 Å². The van der Waals surface area contributed by atoms with Crippen LogP contribution in [0.1, 0.15) is 39.0 Å². The van der Waals surface area contributed by atoms with Gasteiger partial charge in [-0.1, -0.05) is 0 Å². The molecule has 0 amide bonds. The molecule has 17 heavy (non-hydrogen) atoms. The molecule has 100 valence electrons. The molecule has 0 aromatic rings. The summed E-state index contributed by atoms with van der Waals surface area (Å²) in [6, 6.07) is 0.699. The highest BCUT2D eigenvalue weighted by Crippen LogP contribution is 2.19. The standard InChI is InChI=1S/C14H28N2O/c1-12-11-14(6-10-17-12)15-7-3-13-4-8-16(2)9-5-13/h12-15H,3-11H2,1-2H3. The lowest BCUT2D eigenvalue weighted by Crippen LogP contribution is -2.39. The van der Waals surface area contributed by atoms with E-state index in [1.165, 1.54) is 51.7 Å². The van der Waals surface area contributed by atoms with Crippen LogP contribution in [0.15, 0.2) is 0 Å². The Morgan fingerprint density at radius 1 is 1.24 bits per heavy atom. The van der Waals surface area contributed by atoms with Crippen molar-refractivity contribution < 1.29 is 4.74 Å². The maximum absolute atomic E-state index is 5.57. The number of hydrogen-bond donors (Lipinski definition) is 1. The molecule has 0 aromatic heterocycles. The lowest BCUT2D eigenvalue weighted by atomic mass is 9.93. The Hall–Kier alpha value is -0.120. The van der Waals surface area contributed by atoms with Gasteiger partial charge in [-0.05, 0) is 71.6 Å². The third kappa shape index (κ3) is 4.57. The van der Waals surface area contributed by atoms with Gasteiger partial charge in [0.2, 0.25) is 0 Å². The number of likely N-dealkylation sites (tertiary alicyclic amines) is 1. The molecule has 3 heteroatoms. The molecule has 3 nitrogen and oxygen atoms in total. The minimum absolute atomic E-state index is 0.449. The highest BCUT2D eigenvalue weighted by atomic mass is 16.5. The quantitative estimate of drug-likeness (QED) is 0.812. The van der Waals surface area contributed by atoms with Gasteiger partial charge in [-0.3, -0.25) is 0 Å². The Bertz CT molecular complexity index is 214. The summed E-state index contributed by atoms with van der Waals surface area (Å²) in [7, 11) is 2.23. The van der Waals surface area contributed by atoms with E-state index < -0.39 is 0 Å². The molecule has 0 spiro atoms. The van der Waals surface area contributed by atoms with Crippen LogP contribution >= 0.6 is 0 Å². The fourth-order valence-electron chi connectivity index (χ4n) is 3.03. The van der Waals surface area contributed by atoms with Crippen LogP contribution in [0.25, 0.3) is 0 Å². The minimum Gasteiger partial charge on any atom is -0.378 e. The van der Waals surface area contributed by atoms with Crippen LogP contribution in [-0.4, -0.2) is 50.3 Å². The molecular weight excluding hydrogens is 212 g/mol. The van der Waals surface area contributed by atoms with Crippen LogP contribution < -0.4 is 5.32 Å². The Morgan fingerprint density at radius 2 is 2.00 bits per heavy atom. The summed E-state index contributed by atoms with van der Waals surface area (Å²) in [4.78, 5) is 2.45. The lowest BCUT2D eigenvalue weighted by molar-refractivity contribution is 0.0131. The number of nitrogens with one attached hydrogen (secondary N) is 1. The van der Waals surface area contributed by atoms with Gasteiger partial charge in [-0.15, -0.1) is 0 Å². The SMILES string of the molecule is CC1CC(NCCC2CCN(C)CC2)CCO1. The van der Waals surface area contributed by atoms with Crippen molar-refractivity contribution in [2.45, 2.75) is 51.2 Å². The van der Waals surface area contributed by atoms with Crippen molar-refractivity contribution >= 4 is 0 Å². The first-order valence-corrected chi connectivity index (χ1v) is 7.27. The van der Waals surface area contributed by atoms with Crippen LogP contribution in [0.2, 0.25) is 0 Å². The molecule has 0 saturated carbocycles. The maximum atomic E-state index is 5.57. The number of piperidine rings is 1. The van der Waals surface area contributed by atoms with E-state index in [0.29, 0.717) is 12.1 Å². The third-order valence-electron chi connectivity index (χ3n) is 4.31. The average Bonchev–Trinajstić information content (AvgIpc) is 2.32. The monoisotopic (exact) mass is 240 g/mol. The second-order valence-corrected chi connectivity index (χ2v) is 5.89. The first-order valence-electron chi connectivity index (χ1n) is 7.27. The third-order valence-corrected chi connectivity index (χ3v) is 4.31. The van der Waals surface area contributed by atoms with Gasteiger partial charge in [-0.25, -0.2) is 0 Å². The van der Waals surface area contributed by atoms with Gasteiger partial charge in [0, 0.05) is 12.6 Å². The van der Waals surface area contributed by atoms with Crippen molar-refractivity contribution in [1.29, 1.82) is 0 Å². The predicted octanol–water partition coefficient (Wildman–Crippen LogP) is 1.88. The first-order chi connectivity index (χ1) is 8.24. The van der Waals surface area contributed by atoms with E-state index in [-0.39, 0.29) is 0 Å². The molecule has 2 fully saturated rings. The summed E-state index contributed by atoms with van der Waals surface area (Å²) in [6.07, 6.45) is 6.97. The average molecular weight is 240 g/mol. The molecule has 2 saturated heterocycles. The fourth-order valence-corrected chi connectivity index (χ4v) is 3.03. The predicted molar refractivity (Wildman–Crippen MR) is 71.3 cm³/mol. The second-order valence-electron chi connectivity index (χ2n) is 5.89. The van der Waals surface area contributed by atoms with Crippen molar-refractivity contribution in [3.63, 3.8) is 0 Å². The molecule has 0 aliphatic carbocycles. The Kier molecular flexibility index (Phi) is 5.26. The molecule has 2 heterocycles. The van der Waals surface area contributed by atoms with E-state index in [2.05, 4.69) is 24.2 Å². The van der Waals surface area contributed by atoms with Crippen molar-refractivity contribution in [3.8, 4) is 0 Å². The molecule has 2 aliphatic heterocycles. The van der Waals surface area contributed by atoms with Crippen LogP contribution in [0, 0.1) is 5.92 Å². The van der Waals surface area contributed by atoms with Gasteiger partial charge in [-0.2, -0.15) is 0 Å². The van der Waals surface area contributed by atoms with Gasteiger partial charge in [0.1, 0.15) is 0 Å². The van der Waals surface area contributed by atoms with Crippen LogP contribution in [-0.2, 0) is 4.74 Å². The van der Waals surface area contributed by atoms with Crippen LogP contribution in [0.3, 0.4) is 0 Å². The molecule has 2 atom stereocenters. The van der Waals surface area contributed by atoms with Crippen molar-refractivity contribution in [1.82, 2.24) is 10.2 Å². The zero-order valence-corrected chi connectivity index (χ0v) is 11.5. The Labute approximate surface area is 106 Å². The maximum Gasteiger partial charge on any atom is 0.0561 e. The van der Waals surface area contributed by atoms with Crippen molar-refractivity contribution in [2.24, 2.45) is 5.92 Å². The van der Waals surface area contributed by atoms with E-state index in [0.717, 1.165) is 12.5 Å². The van der Waals surface area contributed by atoms with Gasteiger partial charge in [0.05, 0.1) is 6.10 Å². The molecule has 1 N–H and O–H groups in total. The fraction of sp³-hybridized carbons (Fsp3) is 1.00. The van der Waals surface area contributed by atoms with E-state index >= 15 is 0 Å². The zero-order valence-electron chi connectivity index (χ0n) is 11.5. The highest BCUT2D eigenvalue weighted by Gasteiger charge is 2.20. The van der Waals surface area contributed by atoms with Crippen LogP contribution in [0.5, 0.6) is 0 Å². The number of ether oxygens (including phenoxy) is 1. The molecule has 0 bridgehead atoms. The first kappa shape index (κ1) is 13.3. The topological polar surface area (TPSA) is 24.5 Å². The van der Waals surface area contributed by atoms with Gasteiger partial charge >= 0.3 is 0 Å². The summed E-state index contributed by atoms with van der Waals surface area (Å²) in [6.45, 7) is 6.90. The zero-order chi connectivity index (χ0) is 12.1. The summed E-state index contributed by atoms with van der Waals surface area (Å²) >= 11 is 0. The van der Waals surface area contributed by atoms with Gasteiger partial charge < -0.3 is 15.0 Å². The molecule has 2 unspecified atom stereocenters. The Balaban J connectivity index is 1.56. The largest absolute Gasteiger partial charge is 0.378 e.